The predicted molar refractivity (Wildman–Crippen MR) is 105 cm³/mol. The predicted octanol–water partition coefficient (Wildman–Crippen LogP) is 2.04. The summed E-state index contributed by atoms with van der Waals surface area (Å²) in [5.74, 6) is 0. The van der Waals surface area contributed by atoms with Crippen molar-refractivity contribution < 1.29 is 13.9 Å². The summed E-state index contributed by atoms with van der Waals surface area (Å²) >= 11 is 4.99. The second kappa shape index (κ2) is 8.64. The quantitative estimate of drug-likeness (QED) is 0.763. The van der Waals surface area contributed by atoms with Gasteiger partial charge in [0.2, 0.25) is 0 Å². The first kappa shape index (κ1) is 18.8. The zero-order valence-corrected chi connectivity index (χ0v) is 15.8. The van der Waals surface area contributed by atoms with Crippen molar-refractivity contribution in [3.05, 3.63) is 24.3 Å². The summed E-state index contributed by atoms with van der Waals surface area (Å²) in [7, 11) is 0. The van der Waals surface area contributed by atoms with E-state index in [1.807, 2.05) is 24.3 Å². The molecule has 1 aromatic rings. The Morgan fingerprint density at radius 1 is 1.23 bits per heavy atom. The minimum atomic E-state index is -0.327. The molecule has 2 heterocycles. The van der Waals surface area contributed by atoms with E-state index < -0.39 is 0 Å². The van der Waals surface area contributed by atoms with Gasteiger partial charge in [0.25, 0.3) is 0 Å². The van der Waals surface area contributed by atoms with E-state index in [2.05, 4.69) is 15.1 Å². The van der Waals surface area contributed by atoms with Crippen molar-refractivity contribution in [2.75, 3.05) is 62.3 Å². The average molecular weight is 380 g/mol. The highest BCUT2D eigenvalue weighted by atomic mass is 32.1. The number of thiocarbonyl (C=S) groups is 1. The molecule has 3 rings (SSSR count). The first-order valence-corrected chi connectivity index (χ1v) is 9.33. The Labute approximate surface area is 158 Å². The molecule has 0 radical (unpaired) electrons. The largest absolute Gasteiger partial charge is 0.442 e. The SMILES string of the molecule is CC(=S)NCC1CN(c2ccc(N3CCN(CCF)CC3)cc2)C(=O)O1. The Bertz CT molecular complexity index is 635. The highest BCUT2D eigenvalue weighted by Crippen LogP contribution is 2.25. The molecular formula is C18H25FN4O2S. The van der Waals surface area contributed by atoms with Gasteiger partial charge in [0.15, 0.2) is 0 Å². The molecule has 0 saturated carbocycles. The van der Waals surface area contributed by atoms with Gasteiger partial charge in [-0.1, -0.05) is 12.2 Å². The summed E-state index contributed by atoms with van der Waals surface area (Å²) < 4.78 is 17.8. The third kappa shape index (κ3) is 4.62. The highest BCUT2D eigenvalue weighted by Gasteiger charge is 2.32. The van der Waals surface area contributed by atoms with Crippen LogP contribution in [0.4, 0.5) is 20.6 Å². The third-order valence-corrected chi connectivity index (χ3v) is 4.90. The fourth-order valence-electron chi connectivity index (χ4n) is 3.29. The van der Waals surface area contributed by atoms with Crippen molar-refractivity contribution in [3.8, 4) is 0 Å². The fraction of sp³-hybridized carbons (Fsp3) is 0.556. The summed E-state index contributed by atoms with van der Waals surface area (Å²) in [5.41, 5.74) is 1.95. The van der Waals surface area contributed by atoms with Crippen molar-refractivity contribution in [1.29, 1.82) is 0 Å². The van der Waals surface area contributed by atoms with Gasteiger partial charge in [-0.3, -0.25) is 9.80 Å². The van der Waals surface area contributed by atoms with Crippen LogP contribution in [0.5, 0.6) is 0 Å². The minimum absolute atomic E-state index is 0.205. The van der Waals surface area contributed by atoms with Gasteiger partial charge in [-0.2, -0.15) is 0 Å². The molecule has 0 bridgehead atoms. The Kier molecular flexibility index (Phi) is 6.26. The van der Waals surface area contributed by atoms with E-state index in [1.54, 1.807) is 11.8 Å². The van der Waals surface area contributed by atoms with Crippen LogP contribution < -0.4 is 15.1 Å². The molecule has 1 unspecified atom stereocenters. The molecule has 2 fully saturated rings. The number of cyclic esters (lactones) is 1. The standard InChI is InChI=1S/C18H25FN4O2S/c1-14(26)20-12-17-13-23(18(24)25-17)16-4-2-15(3-5-16)22-10-8-21(7-6-19)9-11-22/h2-5,17H,6-13H2,1H3,(H,20,26). The maximum atomic E-state index is 12.4. The van der Waals surface area contributed by atoms with Gasteiger partial charge in [0, 0.05) is 44.1 Å². The van der Waals surface area contributed by atoms with Crippen LogP contribution in [0.1, 0.15) is 6.92 Å². The summed E-state index contributed by atoms with van der Waals surface area (Å²) in [6.45, 7) is 6.58. The number of benzene rings is 1. The number of amides is 1. The maximum Gasteiger partial charge on any atom is 0.414 e. The molecular weight excluding hydrogens is 355 g/mol. The topological polar surface area (TPSA) is 48.0 Å². The molecule has 8 heteroatoms. The lowest BCUT2D eigenvalue weighted by Crippen LogP contribution is -2.47. The Morgan fingerprint density at radius 2 is 1.88 bits per heavy atom. The number of halogens is 1. The summed E-state index contributed by atoms with van der Waals surface area (Å²) in [4.78, 5) is 18.9. The van der Waals surface area contributed by atoms with Crippen LogP contribution in [0.15, 0.2) is 24.3 Å². The van der Waals surface area contributed by atoms with E-state index in [1.165, 1.54) is 0 Å². The first-order chi connectivity index (χ1) is 12.6. The van der Waals surface area contributed by atoms with Crippen molar-refractivity contribution >= 4 is 34.7 Å². The number of ether oxygens (including phenoxy) is 1. The number of piperazine rings is 1. The molecule has 6 nitrogen and oxygen atoms in total. The lowest BCUT2D eigenvalue weighted by Gasteiger charge is -2.35. The van der Waals surface area contributed by atoms with Crippen molar-refractivity contribution in [2.24, 2.45) is 0 Å². The Hall–Kier alpha value is -1.93. The molecule has 2 saturated heterocycles. The van der Waals surface area contributed by atoms with E-state index in [0.717, 1.165) is 37.6 Å². The van der Waals surface area contributed by atoms with Crippen molar-refractivity contribution in [1.82, 2.24) is 10.2 Å². The summed E-state index contributed by atoms with van der Waals surface area (Å²) in [6.07, 6.45) is -0.532. The fourth-order valence-corrected chi connectivity index (χ4v) is 3.37. The molecule has 0 aliphatic carbocycles. The lowest BCUT2D eigenvalue weighted by molar-refractivity contribution is 0.143. The smallest absolute Gasteiger partial charge is 0.414 e. The molecule has 1 atom stereocenters. The van der Waals surface area contributed by atoms with Crippen molar-refractivity contribution in [2.45, 2.75) is 13.0 Å². The number of carbonyl (C=O) groups is 1. The van der Waals surface area contributed by atoms with Gasteiger partial charge >= 0.3 is 6.09 Å². The lowest BCUT2D eigenvalue weighted by atomic mass is 10.2. The maximum absolute atomic E-state index is 12.4. The molecule has 1 N–H and O–H groups in total. The summed E-state index contributed by atoms with van der Waals surface area (Å²) in [5, 5.41) is 3.04. The highest BCUT2D eigenvalue weighted by molar-refractivity contribution is 7.80. The second-order valence-corrected chi connectivity index (χ2v) is 7.20. The molecule has 0 spiro atoms. The van der Waals surface area contributed by atoms with Crippen LogP contribution in [0.2, 0.25) is 0 Å². The number of hydrogen-bond donors (Lipinski definition) is 1. The van der Waals surface area contributed by atoms with Crippen LogP contribution in [-0.4, -0.2) is 74.6 Å². The van der Waals surface area contributed by atoms with Crippen LogP contribution in [0.25, 0.3) is 0 Å². The molecule has 0 aromatic heterocycles. The van der Waals surface area contributed by atoms with Gasteiger partial charge < -0.3 is 15.0 Å². The van der Waals surface area contributed by atoms with Gasteiger partial charge in [-0.05, 0) is 31.2 Å². The molecule has 142 valence electrons. The Morgan fingerprint density at radius 3 is 2.50 bits per heavy atom. The van der Waals surface area contributed by atoms with E-state index in [0.29, 0.717) is 24.6 Å². The monoisotopic (exact) mass is 380 g/mol. The number of anilines is 2. The van der Waals surface area contributed by atoms with Crippen LogP contribution in [-0.2, 0) is 4.74 Å². The van der Waals surface area contributed by atoms with Gasteiger partial charge in [-0.15, -0.1) is 0 Å². The number of alkyl halides is 1. The van der Waals surface area contributed by atoms with Crippen LogP contribution in [0, 0.1) is 0 Å². The van der Waals surface area contributed by atoms with Crippen LogP contribution >= 0.6 is 12.2 Å². The van der Waals surface area contributed by atoms with Gasteiger partial charge in [-0.25, -0.2) is 9.18 Å². The number of carbonyl (C=O) groups excluding carboxylic acids is 1. The summed E-state index contributed by atoms with van der Waals surface area (Å²) in [6, 6.07) is 7.95. The van der Waals surface area contributed by atoms with Gasteiger partial charge in [0.1, 0.15) is 12.8 Å². The van der Waals surface area contributed by atoms with E-state index in [9.17, 15) is 9.18 Å². The van der Waals surface area contributed by atoms with E-state index >= 15 is 0 Å². The minimum Gasteiger partial charge on any atom is -0.442 e. The average Bonchev–Trinajstić information content (AvgIpc) is 3.02. The molecule has 2 aliphatic heterocycles. The molecule has 1 amide bonds. The molecule has 26 heavy (non-hydrogen) atoms. The van der Waals surface area contributed by atoms with E-state index in [4.69, 9.17) is 17.0 Å². The van der Waals surface area contributed by atoms with Crippen molar-refractivity contribution in [3.63, 3.8) is 0 Å². The molecule has 1 aromatic carbocycles. The number of rotatable bonds is 6. The third-order valence-electron chi connectivity index (χ3n) is 4.75. The normalized spacial score (nSPS) is 21.0. The Balaban J connectivity index is 1.56. The first-order valence-electron chi connectivity index (χ1n) is 8.92. The number of nitrogens with one attached hydrogen (secondary N) is 1. The number of nitrogens with zero attached hydrogens (tertiary/aromatic N) is 3. The number of hydrogen-bond acceptors (Lipinski definition) is 5. The van der Waals surface area contributed by atoms with E-state index in [-0.39, 0.29) is 18.9 Å². The molecule has 2 aliphatic rings. The van der Waals surface area contributed by atoms with Gasteiger partial charge in [0.05, 0.1) is 18.1 Å². The zero-order chi connectivity index (χ0) is 18.5. The van der Waals surface area contributed by atoms with Crippen LogP contribution in [0.3, 0.4) is 0 Å². The zero-order valence-electron chi connectivity index (χ0n) is 15.0. The second-order valence-electron chi connectivity index (χ2n) is 6.59.